The zero-order valence-corrected chi connectivity index (χ0v) is 12.7. The van der Waals surface area contributed by atoms with E-state index in [0.29, 0.717) is 12.8 Å². The summed E-state index contributed by atoms with van der Waals surface area (Å²) >= 11 is 3.47. The van der Waals surface area contributed by atoms with Crippen molar-refractivity contribution in [2.45, 2.75) is 32.1 Å². The van der Waals surface area contributed by atoms with Crippen molar-refractivity contribution in [3.63, 3.8) is 0 Å². The van der Waals surface area contributed by atoms with Gasteiger partial charge < -0.3 is 0 Å². The van der Waals surface area contributed by atoms with Crippen LogP contribution >= 0.6 is 15.9 Å². The summed E-state index contributed by atoms with van der Waals surface area (Å²) in [5.41, 5.74) is 2.81. The SMILES string of the molecule is O=C1CCCCc2nc(Cc3cccc(Br)c3)ncc21. The molecule has 1 aromatic carbocycles. The maximum Gasteiger partial charge on any atom is 0.166 e. The number of hydrogen-bond acceptors (Lipinski definition) is 3. The Labute approximate surface area is 126 Å². The molecule has 3 rings (SSSR count). The van der Waals surface area contributed by atoms with Gasteiger partial charge in [-0.1, -0.05) is 28.1 Å². The summed E-state index contributed by atoms with van der Waals surface area (Å²) in [4.78, 5) is 20.9. The summed E-state index contributed by atoms with van der Waals surface area (Å²) < 4.78 is 1.06. The van der Waals surface area contributed by atoms with Gasteiger partial charge >= 0.3 is 0 Å². The van der Waals surface area contributed by atoms with E-state index in [-0.39, 0.29) is 5.78 Å². The third-order valence-corrected chi connectivity index (χ3v) is 4.03. The Balaban J connectivity index is 1.88. The number of nitrogens with zero attached hydrogens (tertiary/aromatic N) is 2. The van der Waals surface area contributed by atoms with Gasteiger partial charge in [0.2, 0.25) is 0 Å². The van der Waals surface area contributed by atoms with Gasteiger partial charge in [0.25, 0.3) is 0 Å². The Morgan fingerprint density at radius 3 is 2.90 bits per heavy atom. The van der Waals surface area contributed by atoms with E-state index < -0.39 is 0 Å². The average molecular weight is 331 g/mol. The van der Waals surface area contributed by atoms with Crippen LogP contribution in [0.25, 0.3) is 0 Å². The molecule has 0 fully saturated rings. The molecule has 1 aliphatic rings. The number of hydrogen-bond donors (Lipinski definition) is 0. The van der Waals surface area contributed by atoms with Crippen molar-refractivity contribution < 1.29 is 4.79 Å². The molecule has 4 heteroatoms. The number of carbonyl (C=O) groups excluding carboxylic acids is 1. The van der Waals surface area contributed by atoms with Crippen molar-refractivity contribution in [3.05, 3.63) is 57.6 Å². The standard InChI is InChI=1S/C16H15BrN2O/c17-12-5-3-4-11(8-12)9-16-18-10-13-14(19-16)6-1-2-7-15(13)20/h3-5,8,10H,1-2,6-7,9H2. The number of benzene rings is 1. The molecule has 2 aromatic rings. The lowest BCUT2D eigenvalue weighted by molar-refractivity contribution is 0.0981. The highest BCUT2D eigenvalue weighted by molar-refractivity contribution is 9.10. The minimum Gasteiger partial charge on any atom is -0.294 e. The largest absolute Gasteiger partial charge is 0.294 e. The highest BCUT2D eigenvalue weighted by atomic mass is 79.9. The van der Waals surface area contributed by atoms with E-state index >= 15 is 0 Å². The van der Waals surface area contributed by atoms with E-state index in [0.717, 1.165) is 40.8 Å². The summed E-state index contributed by atoms with van der Waals surface area (Å²) in [6.45, 7) is 0. The number of halogens is 1. The number of aromatic nitrogens is 2. The van der Waals surface area contributed by atoms with Crippen LogP contribution in [0.4, 0.5) is 0 Å². The van der Waals surface area contributed by atoms with Crippen LogP contribution in [0.3, 0.4) is 0 Å². The molecule has 20 heavy (non-hydrogen) atoms. The lowest BCUT2D eigenvalue weighted by Crippen LogP contribution is -2.07. The van der Waals surface area contributed by atoms with Crippen LogP contribution in [0, 0.1) is 0 Å². The minimum atomic E-state index is 0.187. The molecule has 1 heterocycles. The molecule has 0 N–H and O–H groups in total. The Kier molecular flexibility index (Phi) is 3.92. The predicted molar refractivity (Wildman–Crippen MR) is 80.9 cm³/mol. The van der Waals surface area contributed by atoms with Crippen molar-refractivity contribution in [2.24, 2.45) is 0 Å². The quantitative estimate of drug-likeness (QED) is 0.788. The predicted octanol–water partition coefficient (Wildman–Crippen LogP) is 3.74. The molecule has 0 amide bonds. The molecule has 0 saturated heterocycles. The van der Waals surface area contributed by atoms with Crippen molar-refractivity contribution in [3.8, 4) is 0 Å². The Morgan fingerprint density at radius 2 is 2.05 bits per heavy atom. The Morgan fingerprint density at radius 1 is 1.20 bits per heavy atom. The molecule has 0 unspecified atom stereocenters. The molecule has 0 saturated carbocycles. The Bertz CT molecular complexity index is 655. The molecule has 0 bridgehead atoms. The van der Waals surface area contributed by atoms with Gasteiger partial charge in [-0.15, -0.1) is 0 Å². The summed E-state index contributed by atoms with van der Waals surface area (Å²) in [6, 6.07) is 8.14. The van der Waals surface area contributed by atoms with E-state index in [9.17, 15) is 4.79 Å². The van der Waals surface area contributed by atoms with Crippen molar-refractivity contribution in [1.82, 2.24) is 9.97 Å². The lowest BCUT2D eigenvalue weighted by Gasteiger charge is -2.06. The van der Waals surface area contributed by atoms with Gasteiger partial charge in [0.15, 0.2) is 5.78 Å². The van der Waals surface area contributed by atoms with Gasteiger partial charge in [-0.2, -0.15) is 0 Å². The Hall–Kier alpha value is -1.55. The molecular weight excluding hydrogens is 316 g/mol. The maximum absolute atomic E-state index is 11.9. The summed E-state index contributed by atoms with van der Waals surface area (Å²) in [5.74, 6) is 0.975. The zero-order chi connectivity index (χ0) is 13.9. The van der Waals surface area contributed by atoms with Gasteiger partial charge in [0.05, 0.1) is 11.3 Å². The number of ketones is 1. The topological polar surface area (TPSA) is 42.9 Å². The van der Waals surface area contributed by atoms with E-state index in [1.807, 2.05) is 12.1 Å². The number of carbonyl (C=O) groups is 1. The zero-order valence-electron chi connectivity index (χ0n) is 11.1. The van der Waals surface area contributed by atoms with Crippen LogP contribution in [0.15, 0.2) is 34.9 Å². The van der Waals surface area contributed by atoms with Gasteiger partial charge in [0, 0.05) is 23.5 Å². The van der Waals surface area contributed by atoms with Gasteiger partial charge in [-0.3, -0.25) is 4.79 Å². The first-order chi connectivity index (χ1) is 9.72. The summed E-state index contributed by atoms with van der Waals surface area (Å²) in [7, 11) is 0. The normalized spacial score (nSPS) is 14.8. The third kappa shape index (κ3) is 2.96. The van der Waals surface area contributed by atoms with Gasteiger partial charge in [0.1, 0.15) is 5.82 Å². The molecule has 1 aromatic heterocycles. The van der Waals surface area contributed by atoms with Crippen LogP contribution in [-0.4, -0.2) is 15.8 Å². The monoisotopic (exact) mass is 330 g/mol. The van der Waals surface area contributed by atoms with E-state index in [1.165, 1.54) is 5.56 Å². The molecule has 1 aliphatic carbocycles. The van der Waals surface area contributed by atoms with Crippen LogP contribution in [0.1, 0.15) is 46.7 Å². The number of rotatable bonds is 2. The molecule has 0 radical (unpaired) electrons. The van der Waals surface area contributed by atoms with Crippen molar-refractivity contribution >= 4 is 21.7 Å². The van der Waals surface area contributed by atoms with E-state index in [1.54, 1.807) is 6.20 Å². The van der Waals surface area contributed by atoms with E-state index in [4.69, 9.17) is 0 Å². The third-order valence-electron chi connectivity index (χ3n) is 3.54. The second kappa shape index (κ2) is 5.83. The highest BCUT2D eigenvalue weighted by Crippen LogP contribution is 2.19. The van der Waals surface area contributed by atoms with Gasteiger partial charge in [-0.05, 0) is 37.0 Å². The van der Waals surface area contributed by atoms with Crippen LogP contribution in [-0.2, 0) is 12.8 Å². The fourth-order valence-corrected chi connectivity index (χ4v) is 2.96. The molecule has 0 atom stereocenters. The number of fused-ring (bicyclic) bond motifs is 1. The second-order valence-electron chi connectivity index (χ2n) is 5.08. The summed E-state index contributed by atoms with van der Waals surface area (Å²) in [6.07, 6.45) is 5.91. The summed E-state index contributed by atoms with van der Waals surface area (Å²) in [5, 5.41) is 0. The molecule has 0 aliphatic heterocycles. The smallest absolute Gasteiger partial charge is 0.166 e. The van der Waals surface area contributed by atoms with Crippen molar-refractivity contribution in [1.29, 1.82) is 0 Å². The van der Waals surface area contributed by atoms with Gasteiger partial charge in [-0.25, -0.2) is 9.97 Å². The minimum absolute atomic E-state index is 0.187. The molecular formula is C16H15BrN2O. The first kappa shape index (κ1) is 13.4. The van der Waals surface area contributed by atoms with Crippen LogP contribution in [0.5, 0.6) is 0 Å². The number of aryl methyl sites for hydroxylation is 1. The first-order valence-electron chi connectivity index (χ1n) is 6.85. The fourth-order valence-electron chi connectivity index (χ4n) is 2.51. The average Bonchev–Trinajstić information content (AvgIpc) is 2.61. The lowest BCUT2D eigenvalue weighted by atomic mass is 10.1. The van der Waals surface area contributed by atoms with Crippen LogP contribution < -0.4 is 0 Å². The maximum atomic E-state index is 11.9. The second-order valence-corrected chi connectivity index (χ2v) is 6.00. The van der Waals surface area contributed by atoms with Crippen molar-refractivity contribution in [2.75, 3.05) is 0 Å². The highest BCUT2D eigenvalue weighted by Gasteiger charge is 2.17. The van der Waals surface area contributed by atoms with Crippen LogP contribution in [0.2, 0.25) is 0 Å². The molecule has 3 nitrogen and oxygen atoms in total. The molecule has 102 valence electrons. The molecule has 0 spiro atoms. The first-order valence-corrected chi connectivity index (χ1v) is 7.64. The number of Topliss-reactive ketones (excluding diaryl/α,β-unsaturated/α-hetero) is 1. The fraction of sp³-hybridized carbons (Fsp3) is 0.312. The van der Waals surface area contributed by atoms with E-state index in [2.05, 4.69) is 38.0 Å².